The summed E-state index contributed by atoms with van der Waals surface area (Å²) in [5.74, 6) is 2.68. The molecule has 3 aromatic heterocycles. The lowest BCUT2D eigenvalue weighted by atomic mass is 10.3. The lowest BCUT2D eigenvalue weighted by molar-refractivity contribution is 0.410. The summed E-state index contributed by atoms with van der Waals surface area (Å²) in [6, 6.07) is 10.8. The van der Waals surface area contributed by atoms with Crippen molar-refractivity contribution < 1.29 is 13.7 Å². The van der Waals surface area contributed by atoms with E-state index in [1.165, 1.54) is 6.26 Å². The molecule has 0 spiro atoms. The molecule has 27 heavy (non-hydrogen) atoms. The second kappa shape index (κ2) is 7.12. The van der Waals surface area contributed by atoms with Crippen molar-refractivity contribution in [2.75, 3.05) is 18.2 Å². The fraction of sp³-hybridized carbons (Fsp3) is 0.118. The van der Waals surface area contributed by atoms with Crippen molar-refractivity contribution in [1.29, 1.82) is 0 Å². The molecule has 0 aliphatic rings. The van der Waals surface area contributed by atoms with E-state index in [0.717, 1.165) is 5.69 Å². The first-order chi connectivity index (χ1) is 13.2. The molecule has 4 rings (SSSR count). The van der Waals surface area contributed by atoms with Crippen molar-refractivity contribution >= 4 is 17.6 Å². The van der Waals surface area contributed by atoms with E-state index in [9.17, 15) is 0 Å². The molecule has 0 fully saturated rings. The highest BCUT2D eigenvalue weighted by Crippen LogP contribution is 2.21. The second-order valence-electron chi connectivity index (χ2n) is 5.46. The first-order valence-corrected chi connectivity index (χ1v) is 7.97. The van der Waals surface area contributed by atoms with Gasteiger partial charge in [0.05, 0.1) is 19.8 Å². The SMILES string of the molecule is COc1cccc(Nc2nc(N)nc(Cc3noc(-c4ccco4)n3)n2)c1. The predicted molar refractivity (Wildman–Crippen MR) is 95.3 cm³/mol. The number of nitrogens with zero attached hydrogens (tertiary/aromatic N) is 5. The first kappa shape index (κ1) is 16.5. The van der Waals surface area contributed by atoms with Gasteiger partial charge in [0.15, 0.2) is 11.6 Å². The number of hydrogen-bond acceptors (Lipinski definition) is 10. The van der Waals surface area contributed by atoms with Gasteiger partial charge in [-0.05, 0) is 24.3 Å². The van der Waals surface area contributed by atoms with E-state index in [2.05, 4.69) is 30.4 Å². The fourth-order valence-electron chi connectivity index (χ4n) is 2.37. The Bertz CT molecular complexity index is 1050. The number of ether oxygens (including phenoxy) is 1. The highest BCUT2D eigenvalue weighted by molar-refractivity contribution is 5.56. The van der Waals surface area contributed by atoms with Crippen LogP contribution < -0.4 is 15.8 Å². The summed E-state index contributed by atoms with van der Waals surface area (Å²) in [5.41, 5.74) is 6.55. The smallest absolute Gasteiger partial charge is 0.293 e. The summed E-state index contributed by atoms with van der Waals surface area (Å²) < 4.78 is 15.6. The molecule has 0 unspecified atom stereocenters. The molecule has 1 aromatic carbocycles. The standard InChI is InChI=1S/C17H15N7O3/c1-25-11-5-2-4-10(8-11)19-17-22-13(21-16(18)23-17)9-14-20-15(27-24-14)12-6-3-7-26-12/h2-8H,9H2,1H3,(H3,18,19,21,22,23). The van der Waals surface area contributed by atoms with Crippen LogP contribution in [0.15, 0.2) is 51.6 Å². The number of nitrogens with one attached hydrogen (secondary N) is 1. The molecular weight excluding hydrogens is 350 g/mol. The maximum atomic E-state index is 5.80. The topological polar surface area (TPSA) is 138 Å². The van der Waals surface area contributed by atoms with E-state index >= 15 is 0 Å². The summed E-state index contributed by atoms with van der Waals surface area (Å²) in [7, 11) is 1.60. The van der Waals surface area contributed by atoms with Crippen LogP contribution >= 0.6 is 0 Å². The maximum absolute atomic E-state index is 5.80. The number of hydrogen-bond donors (Lipinski definition) is 2. The molecule has 0 atom stereocenters. The van der Waals surface area contributed by atoms with Crippen molar-refractivity contribution in [3.05, 3.63) is 54.3 Å². The lowest BCUT2D eigenvalue weighted by Gasteiger charge is -2.08. The number of methoxy groups -OCH3 is 1. The second-order valence-corrected chi connectivity index (χ2v) is 5.46. The number of nitrogens with two attached hydrogens (primary N) is 1. The van der Waals surface area contributed by atoms with E-state index in [1.54, 1.807) is 19.2 Å². The number of benzene rings is 1. The van der Waals surface area contributed by atoms with Crippen molar-refractivity contribution in [3.8, 4) is 17.4 Å². The largest absolute Gasteiger partial charge is 0.497 e. The van der Waals surface area contributed by atoms with Crippen molar-refractivity contribution in [2.24, 2.45) is 0 Å². The third kappa shape index (κ3) is 3.84. The van der Waals surface area contributed by atoms with Crippen molar-refractivity contribution in [1.82, 2.24) is 25.1 Å². The third-order valence-corrected chi connectivity index (χ3v) is 3.54. The quantitative estimate of drug-likeness (QED) is 0.524. The number of nitrogen functional groups attached to an aromatic ring is 1. The van der Waals surface area contributed by atoms with E-state index in [4.69, 9.17) is 19.4 Å². The minimum atomic E-state index is 0.0835. The molecule has 0 aliphatic heterocycles. The number of aromatic nitrogens is 5. The summed E-state index contributed by atoms with van der Waals surface area (Å²) in [6.07, 6.45) is 1.76. The summed E-state index contributed by atoms with van der Waals surface area (Å²) in [6.45, 7) is 0. The van der Waals surface area contributed by atoms with Gasteiger partial charge in [-0.1, -0.05) is 11.2 Å². The van der Waals surface area contributed by atoms with Gasteiger partial charge in [0.2, 0.25) is 11.9 Å². The van der Waals surface area contributed by atoms with Gasteiger partial charge < -0.3 is 24.7 Å². The molecule has 0 bridgehead atoms. The maximum Gasteiger partial charge on any atom is 0.293 e. The number of rotatable bonds is 6. The van der Waals surface area contributed by atoms with E-state index in [0.29, 0.717) is 29.1 Å². The number of furan rings is 1. The van der Waals surface area contributed by atoms with Crippen LogP contribution in [0.25, 0.3) is 11.7 Å². The van der Waals surface area contributed by atoms with Gasteiger partial charge in [0.1, 0.15) is 11.6 Å². The molecule has 3 heterocycles. The molecule has 136 valence electrons. The van der Waals surface area contributed by atoms with E-state index in [-0.39, 0.29) is 18.3 Å². The normalized spacial score (nSPS) is 10.7. The molecule has 0 saturated heterocycles. The lowest BCUT2D eigenvalue weighted by Crippen LogP contribution is -2.08. The van der Waals surface area contributed by atoms with Gasteiger partial charge in [-0.2, -0.15) is 19.9 Å². The summed E-state index contributed by atoms with van der Waals surface area (Å²) in [5, 5.41) is 6.98. The Morgan fingerprint density at radius 2 is 2.00 bits per heavy atom. The Kier molecular flexibility index (Phi) is 4.35. The monoisotopic (exact) mass is 365 g/mol. The van der Waals surface area contributed by atoms with Gasteiger partial charge in [-0.15, -0.1) is 0 Å². The number of anilines is 3. The average Bonchev–Trinajstić information content (AvgIpc) is 3.33. The van der Waals surface area contributed by atoms with Crippen LogP contribution in [0.1, 0.15) is 11.6 Å². The van der Waals surface area contributed by atoms with Crippen LogP contribution in [0, 0.1) is 0 Å². The molecule has 0 aliphatic carbocycles. The molecule has 0 amide bonds. The Labute approximate surface area is 153 Å². The minimum absolute atomic E-state index is 0.0835. The van der Waals surface area contributed by atoms with Crippen LogP contribution in [-0.4, -0.2) is 32.2 Å². The average molecular weight is 365 g/mol. The molecule has 0 saturated carbocycles. The van der Waals surface area contributed by atoms with Crippen LogP contribution in [0.5, 0.6) is 5.75 Å². The van der Waals surface area contributed by atoms with Crippen molar-refractivity contribution in [3.63, 3.8) is 0 Å². The highest BCUT2D eigenvalue weighted by atomic mass is 16.5. The van der Waals surface area contributed by atoms with Gasteiger partial charge >= 0.3 is 0 Å². The van der Waals surface area contributed by atoms with E-state index in [1.807, 2.05) is 24.3 Å². The Hall–Kier alpha value is -3.95. The zero-order chi connectivity index (χ0) is 18.6. The van der Waals surface area contributed by atoms with Crippen LogP contribution in [0.3, 0.4) is 0 Å². The van der Waals surface area contributed by atoms with Gasteiger partial charge in [-0.25, -0.2) is 0 Å². The van der Waals surface area contributed by atoms with E-state index < -0.39 is 0 Å². The van der Waals surface area contributed by atoms with Crippen LogP contribution in [0.4, 0.5) is 17.6 Å². The highest BCUT2D eigenvalue weighted by Gasteiger charge is 2.14. The van der Waals surface area contributed by atoms with Gasteiger partial charge in [-0.3, -0.25) is 0 Å². The first-order valence-electron chi connectivity index (χ1n) is 7.97. The summed E-state index contributed by atoms with van der Waals surface area (Å²) in [4.78, 5) is 16.8. The Morgan fingerprint density at radius 3 is 2.81 bits per heavy atom. The molecule has 0 radical (unpaired) electrons. The fourth-order valence-corrected chi connectivity index (χ4v) is 2.37. The molecule has 3 N–H and O–H groups in total. The zero-order valence-electron chi connectivity index (χ0n) is 14.3. The van der Waals surface area contributed by atoms with Gasteiger partial charge in [0.25, 0.3) is 5.89 Å². The Balaban J connectivity index is 1.53. The predicted octanol–water partition coefficient (Wildman–Crippen LogP) is 2.44. The molecular formula is C17H15N7O3. The minimum Gasteiger partial charge on any atom is -0.497 e. The van der Waals surface area contributed by atoms with Gasteiger partial charge in [0, 0.05) is 11.8 Å². The zero-order valence-corrected chi connectivity index (χ0v) is 14.3. The molecule has 4 aromatic rings. The van der Waals surface area contributed by atoms with Crippen LogP contribution in [0.2, 0.25) is 0 Å². The molecule has 10 nitrogen and oxygen atoms in total. The van der Waals surface area contributed by atoms with Crippen LogP contribution in [-0.2, 0) is 6.42 Å². The Morgan fingerprint density at radius 1 is 1.07 bits per heavy atom. The summed E-state index contributed by atoms with van der Waals surface area (Å²) >= 11 is 0. The molecule has 10 heteroatoms. The third-order valence-electron chi connectivity index (χ3n) is 3.54. The van der Waals surface area contributed by atoms with Crippen molar-refractivity contribution in [2.45, 2.75) is 6.42 Å².